The molecule has 0 fully saturated rings. The number of carbonyl (C=O) groups excluding carboxylic acids is 1. The molecule has 1 unspecified atom stereocenters. The number of amides is 1. The highest BCUT2D eigenvalue weighted by Gasteiger charge is 2.04. The van der Waals surface area contributed by atoms with E-state index in [0.29, 0.717) is 13.0 Å². The van der Waals surface area contributed by atoms with E-state index >= 15 is 0 Å². The third-order valence-electron chi connectivity index (χ3n) is 2.77. The van der Waals surface area contributed by atoms with Crippen LogP contribution in [0.3, 0.4) is 0 Å². The van der Waals surface area contributed by atoms with Crippen molar-refractivity contribution in [2.45, 2.75) is 71.3 Å². The molecule has 3 nitrogen and oxygen atoms in total. The van der Waals surface area contributed by atoms with Crippen molar-refractivity contribution in [3.05, 3.63) is 0 Å². The van der Waals surface area contributed by atoms with Crippen LogP contribution in [0.15, 0.2) is 0 Å². The molecule has 0 aromatic heterocycles. The zero-order valence-electron chi connectivity index (χ0n) is 10.9. The lowest BCUT2D eigenvalue weighted by Crippen LogP contribution is -2.37. The lowest BCUT2D eigenvalue weighted by Gasteiger charge is -2.10. The van der Waals surface area contributed by atoms with Crippen LogP contribution < -0.4 is 11.1 Å². The van der Waals surface area contributed by atoms with E-state index in [9.17, 15) is 4.79 Å². The van der Waals surface area contributed by atoms with Gasteiger partial charge in [0.1, 0.15) is 0 Å². The Morgan fingerprint density at radius 3 is 2.25 bits per heavy atom. The van der Waals surface area contributed by atoms with E-state index in [-0.39, 0.29) is 11.9 Å². The van der Waals surface area contributed by atoms with Crippen molar-refractivity contribution in [2.75, 3.05) is 6.54 Å². The fourth-order valence-electron chi connectivity index (χ4n) is 1.65. The predicted molar refractivity (Wildman–Crippen MR) is 69.3 cm³/mol. The van der Waals surface area contributed by atoms with Gasteiger partial charge in [-0.25, -0.2) is 0 Å². The SMILES string of the molecule is CCCCCCCCCC(=O)NC(C)CN. The average Bonchev–Trinajstić information content (AvgIpc) is 2.27. The van der Waals surface area contributed by atoms with Gasteiger partial charge in [-0.1, -0.05) is 45.4 Å². The maximum absolute atomic E-state index is 11.4. The number of rotatable bonds is 10. The fraction of sp³-hybridized carbons (Fsp3) is 0.923. The Balaban J connectivity index is 3.21. The van der Waals surface area contributed by atoms with E-state index in [2.05, 4.69) is 12.2 Å². The minimum Gasteiger partial charge on any atom is -0.352 e. The molecule has 0 aromatic rings. The molecule has 0 saturated heterocycles. The summed E-state index contributed by atoms with van der Waals surface area (Å²) >= 11 is 0. The summed E-state index contributed by atoms with van der Waals surface area (Å²) < 4.78 is 0. The van der Waals surface area contributed by atoms with Gasteiger partial charge in [-0.05, 0) is 13.3 Å². The molecule has 0 saturated carbocycles. The molecule has 96 valence electrons. The summed E-state index contributed by atoms with van der Waals surface area (Å²) in [5.74, 6) is 0.145. The Morgan fingerprint density at radius 1 is 1.12 bits per heavy atom. The van der Waals surface area contributed by atoms with Crippen molar-refractivity contribution >= 4 is 5.91 Å². The predicted octanol–water partition coefficient (Wildman–Crippen LogP) is 2.59. The first-order chi connectivity index (χ1) is 7.70. The van der Waals surface area contributed by atoms with Crippen molar-refractivity contribution < 1.29 is 4.79 Å². The van der Waals surface area contributed by atoms with Crippen LogP contribution in [-0.4, -0.2) is 18.5 Å². The fourth-order valence-corrected chi connectivity index (χ4v) is 1.65. The van der Waals surface area contributed by atoms with Crippen LogP contribution in [0.5, 0.6) is 0 Å². The minimum absolute atomic E-state index is 0.108. The molecule has 3 heteroatoms. The van der Waals surface area contributed by atoms with Crippen molar-refractivity contribution in [3.63, 3.8) is 0 Å². The molecular formula is C13H28N2O. The Labute approximate surface area is 100 Å². The highest BCUT2D eigenvalue weighted by Crippen LogP contribution is 2.08. The van der Waals surface area contributed by atoms with E-state index in [0.717, 1.165) is 6.42 Å². The van der Waals surface area contributed by atoms with Crippen LogP contribution in [0, 0.1) is 0 Å². The second-order valence-electron chi connectivity index (χ2n) is 4.58. The third-order valence-corrected chi connectivity index (χ3v) is 2.77. The second-order valence-corrected chi connectivity index (χ2v) is 4.58. The van der Waals surface area contributed by atoms with Gasteiger partial charge in [0.15, 0.2) is 0 Å². The van der Waals surface area contributed by atoms with E-state index in [1.807, 2.05) is 6.92 Å². The molecule has 0 aromatic carbocycles. The van der Waals surface area contributed by atoms with Crippen LogP contribution in [0.4, 0.5) is 0 Å². The third kappa shape index (κ3) is 9.97. The van der Waals surface area contributed by atoms with Gasteiger partial charge in [0.25, 0.3) is 0 Å². The van der Waals surface area contributed by atoms with Crippen LogP contribution in [0.25, 0.3) is 0 Å². The van der Waals surface area contributed by atoms with Gasteiger partial charge in [0.05, 0.1) is 0 Å². The number of carbonyl (C=O) groups is 1. The number of hydrogen-bond acceptors (Lipinski definition) is 2. The summed E-state index contributed by atoms with van der Waals surface area (Å²) in [6.45, 7) is 4.67. The van der Waals surface area contributed by atoms with Gasteiger partial charge in [-0.15, -0.1) is 0 Å². The summed E-state index contributed by atoms with van der Waals surface area (Å²) in [6, 6.07) is 0.108. The zero-order valence-corrected chi connectivity index (χ0v) is 10.9. The Hall–Kier alpha value is -0.570. The number of nitrogens with two attached hydrogens (primary N) is 1. The van der Waals surface area contributed by atoms with Crippen molar-refractivity contribution in [3.8, 4) is 0 Å². The van der Waals surface area contributed by atoms with Crippen molar-refractivity contribution in [1.82, 2.24) is 5.32 Å². The quantitative estimate of drug-likeness (QED) is 0.565. The van der Waals surface area contributed by atoms with Crippen molar-refractivity contribution in [2.24, 2.45) is 5.73 Å². The highest BCUT2D eigenvalue weighted by molar-refractivity contribution is 5.76. The molecule has 0 radical (unpaired) electrons. The van der Waals surface area contributed by atoms with Crippen LogP contribution >= 0.6 is 0 Å². The molecule has 0 heterocycles. The van der Waals surface area contributed by atoms with Gasteiger partial charge >= 0.3 is 0 Å². The van der Waals surface area contributed by atoms with E-state index in [1.54, 1.807) is 0 Å². The van der Waals surface area contributed by atoms with E-state index in [1.165, 1.54) is 38.5 Å². The molecule has 1 amide bonds. The molecule has 0 rings (SSSR count). The normalized spacial score (nSPS) is 12.4. The van der Waals surface area contributed by atoms with Gasteiger partial charge in [-0.2, -0.15) is 0 Å². The largest absolute Gasteiger partial charge is 0.352 e. The van der Waals surface area contributed by atoms with Gasteiger partial charge in [0, 0.05) is 19.0 Å². The van der Waals surface area contributed by atoms with Gasteiger partial charge in [-0.3, -0.25) is 4.79 Å². The second kappa shape index (κ2) is 10.9. The summed E-state index contributed by atoms with van der Waals surface area (Å²) in [4.78, 5) is 11.4. The molecular weight excluding hydrogens is 200 g/mol. The minimum atomic E-state index is 0.108. The first-order valence-corrected chi connectivity index (χ1v) is 6.70. The summed E-state index contributed by atoms with van der Waals surface area (Å²) in [6.07, 6.45) is 9.39. The molecule has 3 N–H and O–H groups in total. The molecule has 0 aliphatic heterocycles. The summed E-state index contributed by atoms with van der Waals surface area (Å²) in [5.41, 5.74) is 5.43. The van der Waals surface area contributed by atoms with E-state index in [4.69, 9.17) is 5.73 Å². The van der Waals surface area contributed by atoms with E-state index < -0.39 is 0 Å². The van der Waals surface area contributed by atoms with Gasteiger partial charge < -0.3 is 11.1 Å². The average molecular weight is 228 g/mol. The summed E-state index contributed by atoms with van der Waals surface area (Å²) in [7, 11) is 0. The van der Waals surface area contributed by atoms with Crippen LogP contribution in [0.1, 0.15) is 65.2 Å². The van der Waals surface area contributed by atoms with Crippen LogP contribution in [-0.2, 0) is 4.79 Å². The zero-order chi connectivity index (χ0) is 12.2. The molecule has 0 bridgehead atoms. The molecule has 0 aliphatic carbocycles. The molecule has 0 aliphatic rings. The lowest BCUT2D eigenvalue weighted by molar-refractivity contribution is -0.121. The van der Waals surface area contributed by atoms with Crippen LogP contribution in [0.2, 0.25) is 0 Å². The number of hydrogen-bond donors (Lipinski definition) is 2. The smallest absolute Gasteiger partial charge is 0.220 e. The standard InChI is InChI=1S/C13H28N2O/c1-3-4-5-6-7-8-9-10-13(16)15-12(2)11-14/h12H,3-11,14H2,1-2H3,(H,15,16). The first kappa shape index (κ1) is 15.4. The first-order valence-electron chi connectivity index (χ1n) is 6.70. The molecule has 16 heavy (non-hydrogen) atoms. The maximum Gasteiger partial charge on any atom is 0.220 e. The lowest BCUT2D eigenvalue weighted by atomic mass is 10.1. The number of nitrogens with one attached hydrogen (secondary N) is 1. The highest BCUT2D eigenvalue weighted by atomic mass is 16.1. The molecule has 1 atom stereocenters. The topological polar surface area (TPSA) is 55.1 Å². The Bertz CT molecular complexity index is 171. The monoisotopic (exact) mass is 228 g/mol. The maximum atomic E-state index is 11.4. The van der Waals surface area contributed by atoms with Crippen molar-refractivity contribution in [1.29, 1.82) is 0 Å². The van der Waals surface area contributed by atoms with Gasteiger partial charge in [0.2, 0.25) is 5.91 Å². The molecule has 0 spiro atoms. The Morgan fingerprint density at radius 2 is 1.69 bits per heavy atom. The number of unbranched alkanes of at least 4 members (excludes halogenated alkanes) is 6. The summed E-state index contributed by atoms with van der Waals surface area (Å²) in [5, 5.41) is 2.88. The Kier molecular flexibility index (Phi) is 10.5.